The number of fused-ring (bicyclic) bond motifs is 2. The van der Waals surface area contributed by atoms with Crippen molar-refractivity contribution in [3.8, 4) is 28.4 Å². The molecule has 1 saturated heterocycles. The molecule has 1 aliphatic rings. The van der Waals surface area contributed by atoms with Crippen LogP contribution in [-0.4, -0.2) is 75.4 Å². The van der Waals surface area contributed by atoms with Gasteiger partial charge >= 0.3 is 0 Å². The monoisotopic (exact) mass is 482 g/mol. The Morgan fingerprint density at radius 3 is 2.78 bits per heavy atom. The molecule has 6 rings (SSSR count). The van der Waals surface area contributed by atoms with Crippen molar-refractivity contribution in [1.29, 1.82) is 0 Å². The lowest BCUT2D eigenvalue weighted by molar-refractivity contribution is 0.261. The first-order valence-electron chi connectivity index (χ1n) is 12.5. The van der Waals surface area contributed by atoms with Crippen molar-refractivity contribution in [3.05, 3.63) is 48.9 Å². The molecule has 0 spiro atoms. The van der Waals surface area contributed by atoms with E-state index in [2.05, 4.69) is 36.0 Å². The lowest BCUT2D eigenvalue weighted by atomic mass is 10.1. The molecule has 1 aliphatic heterocycles. The van der Waals surface area contributed by atoms with Crippen molar-refractivity contribution >= 4 is 27.8 Å². The Labute approximate surface area is 209 Å². The highest BCUT2D eigenvalue weighted by atomic mass is 16.5. The Morgan fingerprint density at radius 2 is 1.92 bits per heavy atom. The number of nitrogens with one attached hydrogen (secondary N) is 2. The molecule has 0 unspecified atom stereocenters. The van der Waals surface area contributed by atoms with Gasteiger partial charge in [0, 0.05) is 43.0 Å². The maximum absolute atomic E-state index is 5.87. The smallest absolute Gasteiger partial charge is 0.138 e. The fraction of sp³-hybridized carbons (Fsp3) is 0.333. The van der Waals surface area contributed by atoms with Gasteiger partial charge in [-0.1, -0.05) is 0 Å². The van der Waals surface area contributed by atoms with Crippen LogP contribution in [0, 0.1) is 0 Å². The molecule has 0 saturated carbocycles. The zero-order valence-corrected chi connectivity index (χ0v) is 20.7. The molecule has 0 amide bonds. The first-order chi connectivity index (χ1) is 17.7. The minimum absolute atomic E-state index is 0.602. The first-order valence-corrected chi connectivity index (χ1v) is 12.5. The number of hydrogen-bond donors (Lipinski definition) is 2. The van der Waals surface area contributed by atoms with Crippen LogP contribution >= 0.6 is 0 Å². The van der Waals surface area contributed by atoms with Crippen molar-refractivity contribution in [3.63, 3.8) is 0 Å². The van der Waals surface area contributed by atoms with E-state index in [0.717, 1.165) is 75.8 Å². The third-order valence-corrected chi connectivity index (χ3v) is 6.66. The molecule has 0 aliphatic carbocycles. The van der Waals surface area contributed by atoms with Gasteiger partial charge in [0.05, 0.1) is 28.6 Å². The van der Waals surface area contributed by atoms with Crippen LogP contribution in [0.1, 0.15) is 19.3 Å². The lowest BCUT2D eigenvalue weighted by Gasteiger charge is -2.28. The van der Waals surface area contributed by atoms with Crippen molar-refractivity contribution in [2.75, 3.05) is 45.2 Å². The summed E-state index contributed by atoms with van der Waals surface area (Å²) in [5, 5.41) is 8.87. The number of pyridine rings is 3. The molecule has 0 bridgehead atoms. The van der Waals surface area contributed by atoms with E-state index in [0.29, 0.717) is 6.61 Å². The third kappa shape index (κ3) is 4.37. The molecule has 6 heterocycles. The minimum Gasteiger partial charge on any atom is -0.491 e. The Kier molecular flexibility index (Phi) is 5.98. The number of hydrogen-bond acceptors (Lipinski definition) is 7. The van der Waals surface area contributed by atoms with Crippen LogP contribution in [0.25, 0.3) is 44.6 Å². The van der Waals surface area contributed by atoms with Crippen molar-refractivity contribution in [2.24, 2.45) is 0 Å². The van der Waals surface area contributed by atoms with Crippen LogP contribution in [0.5, 0.6) is 5.75 Å². The fourth-order valence-corrected chi connectivity index (χ4v) is 4.76. The van der Waals surface area contributed by atoms with Crippen molar-refractivity contribution in [1.82, 2.24) is 35.0 Å². The topological polar surface area (TPSA) is 98.9 Å². The number of likely N-dealkylation sites (N-methyl/N-ethyl adjacent to an activating group) is 1. The van der Waals surface area contributed by atoms with Gasteiger partial charge in [0.2, 0.25) is 0 Å². The zero-order valence-electron chi connectivity index (χ0n) is 20.7. The Morgan fingerprint density at radius 1 is 1.03 bits per heavy atom. The number of H-pyrrole nitrogens is 2. The largest absolute Gasteiger partial charge is 0.491 e. The molecule has 0 atom stereocenters. The number of aromatic amines is 2. The average molecular weight is 483 g/mol. The number of ether oxygens (including phenoxy) is 1. The molecule has 1 fully saturated rings. The summed E-state index contributed by atoms with van der Waals surface area (Å²) in [7, 11) is 4.05. The van der Waals surface area contributed by atoms with Gasteiger partial charge in [-0.2, -0.15) is 5.10 Å². The van der Waals surface area contributed by atoms with Gasteiger partial charge in [-0.05, 0) is 63.7 Å². The SMILES string of the molecule is CN(C)CCOc1cncc(-c2ccc3[nH]nc(-c4cc5c(N6CCCCC6)nccc5[nH]4)c3n2)c1. The molecule has 36 heavy (non-hydrogen) atoms. The van der Waals surface area contributed by atoms with Gasteiger partial charge in [0.1, 0.15) is 29.4 Å². The van der Waals surface area contributed by atoms with Crippen LogP contribution in [0.15, 0.2) is 48.9 Å². The average Bonchev–Trinajstić information content (AvgIpc) is 3.53. The molecule has 0 aromatic carbocycles. The second kappa shape index (κ2) is 9.58. The van der Waals surface area contributed by atoms with Gasteiger partial charge in [-0.25, -0.2) is 9.97 Å². The fourth-order valence-electron chi connectivity index (χ4n) is 4.76. The highest BCUT2D eigenvalue weighted by Gasteiger charge is 2.19. The Bertz CT molecular complexity index is 1500. The van der Waals surface area contributed by atoms with E-state index in [1.165, 1.54) is 19.3 Å². The molecular formula is C27H30N8O. The normalized spacial score (nSPS) is 14.2. The molecule has 9 heteroatoms. The van der Waals surface area contributed by atoms with Crippen LogP contribution in [-0.2, 0) is 0 Å². The van der Waals surface area contributed by atoms with Crippen LogP contribution in [0.4, 0.5) is 5.82 Å². The summed E-state index contributed by atoms with van der Waals surface area (Å²) in [6.07, 6.45) is 9.14. The Balaban J connectivity index is 1.34. The van der Waals surface area contributed by atoms with E-state index in [-0.39, 0.29) is 0 Å². The molecule has 184 valence electrons. The van der Waals surface area contributed by atoms with Gasteiger partial charge < -0.3 is 19.5 Å². The van der Waals surface area contributed by atoms with Crippen molar-refractivity contribution < 1.29 is 4.74 Å². The molecule has 5 aromatic heterocycles. The van der Waals surface area contributed by atoms with Crippen LogP contribution in [0.3, 0.4) is 0 Å². The summed E-state index contributed by atoms with van der Waals surface area (Å²) < 4.78 is 5.87. The third-order valence-electron chi connectivity index (χ3n) is 6.66. The summed E-state index contributed by atoms with van der Waals surface area (Å²) in [6, 6.07) is 10.1. The quantitative estimate of drug-likeness (QED) is 0.353. The second-order valence-corrected chi connectivity index (χ2v) is 9.55. The highest BCUT2D eigenvalue weighted by Crippen LogP contribution is 2.33. The van der Waals surface area contributed by atoms with E-state index in [1.54, 1.807) is 6.20 Å². The van der Waals surface area contributed by atoms with E-state index in [9.17, 15) is 0 Å². The molecule has 9 nitrogen and oxygen atoms in total. The van der Waals surface area contributed by atoms with Gasteiger partial charge in [-0.3, -0.25) is 10.1 Å². The zero-order chi connectivity index (χ0) is 24.5. The predicted octanol–water partition coefficient (Wildman–Crippen LogP) is 4.49. The minimum atomic E-state index is 0.602. The highest BCUT2D eigenvalue weighted by molar-refractivity contribution is 5.98. The number of nitrogens with zero attached hydrogens (tertiary/aromatic N) is 6. The standard InChI is InChI=1S/C27H30N8O/c1-34(2)12-13-36-19-14-18(16-28-17-19)21-6-7-23-25(31-21)26(33-32-23)24-15-20-22(30-24)8-9-29-27(20)35-10-4-3-5-11-35/h6-9,14-17,30H,3-5,10-13H2,1-2H3,(H,32,33). The first kappa shape index (κ1) is 22.5. The van der Waals surface area contributed by atoms with E-state index in [1.807, 2.05) is 50.8 Å². The number of anilines is 1. The van der Waals surface area contributed by atoms with Crippen molar-refractivity contribution in [2.45, 2.75) is 19.3 Å². The summed E-state index contributed by atoms with van der Waals surface area (Å²) in [6.45, 7) is 3.54. The number of rotatable bonds is 7. The number of aromatic nitrogens is 6. The second-order valence-electron chi connectivity index (χ2n) is 9.55. The van der Waals surface area contributed by atoms with E-state index >= 15 is 0 Å². The summed E-state index contributed by atoms with van der Waals surface area (Å²) in [5.74, 6) is 1.78. The van der Waals surface area contributed by atoms with Gasteiger partial charge in [0.15, 0.2) is 0 Å². The van der Waals surface area contributed by atoms with Gasteiger partial charge in [0.25, 0.3) is 0 Å². The summed E-state index contributed by atoms with van der Waals surface area (Å²) >= 11 is 0. The Hall–Kier alpha value is -3.98. The maximum Gasteiger partial charge on any atom is 0.138 e. The number of piperidine rings is 1. The van der Waals surface area contributed by atoms with Gasteiger partial charge in [-0.15, -0.1) is 0 Å². The predicted molar refractivity (Wildman–Crippen MR) is 142 cm³/mol. The van der Waals surface area contributed by atoms with E-state index in [4.69, 9.17) is 14.7 Å². The van der Waals surface area contributed by atoms with E-state index < -0.39 is 0 Å². The molecular weight excluding hydrogens is 452 g/mol. The van der Waals surface area contributed by atoms with Crippen LogP contribution in [0.2, 0.25) is 0 Å². The summed E-state index contributed by atoms with van der Waals surface area (Å²) in [5.41, 5.74) is 6.19. The van der Waals surface area contributed by atoms with Crippen LogP contribution < -0.4 is 9.64 Å². The maximum atomic E-state index is 5.87. The summed E-state index contributed by atoms with van der Waals surface area (Å²) in [4.78, 5) is 22.1. The molecule has 0 radical (unpaired) electrons. The molecule has 2 N–H and O–H groups in total. The lowest BCUT2D eigenvalue weighted by Crippen LogP contribution is -2.30. The molecule has 5 aromatic rings.